The zero-order valence-corrected chi connectivity index (χ0v) is 11.0. The average molecular weight is 255 g/mol. The third-order valence-corrected chi connectivity index (χ3v) is 3.06. The molecule has 100 valence electrons. The van der Waals surface area contributed by atoms with Crippen LogP contribution in [0.1, 0.15) is 25.5 Å². The lowest BCUT2D eigenvalue weighted by atomic mass is 9.80. The van der Waals surface area contributed by atoms with Crippen molar-refractivity contribution in [2.24, 2.45) is 5.41 Å². The van der Waals surface area contributed by atoms with Gasteiger partial charge in [-0.2, -0.15) is 0 Å². The van der Waals surface area contributed by atoms with Crippen molar-refractivity contribution >= 4 is 5.97 Å². The topological polar surface area (TPSA) is 58.6 Å². The van der Waals surface area contributed by atoms with Gasteiger partial charge in [-0.25, -0.2) is 4.39 Å². The maximum atomic E-state index is 13.3. The molecule has 1 aromatic rings. The molecule has 18 heavy (non-hydrogen) atoms. The highest BCUT2D eigenvalue weighted by atomic mass is 19.1. The molecule has 0 spiro atoms. The zero-order valence-electron chi connectivity index (χ0n) is 11.0. The number of carboxylic acids is 1. The molecule has 1 unspecified atom stereocenters. The first-order valence-electron chi connectivity index (χ1n) is 5.58. The van der Waals surface area contributed by atoms with Gasteiger partial charge in [0.1, 0.15) is 11.6 Å². The van der Waals surface area contributed by atoms with E-state index >= 15 is 0 Å². The van der Waals surface area contributed by atoms with Crippen LogP contribution < -0.4 is 10.1 Å². The summed E-state index contributed by atoms with van der Waals surface area (Å²) < 4.78 is 18.5. The van der Waals surface area contributed by atoms with Crippen LogP contribution in [0.25, 0.3) is 0 Å². The number of nitrogens with one attached hydrogen (secondary N) is 1. The molecule has 0 heterocycles. The van der Waals surface area contributed by atoms with Gasteiger partial charge in [0.2, 0.25) is 0 Å². The molecule has 4 nitrogen and oxygen atoms in total. The Labute approximate surface area is 106 Å². The van der Waals surface area contributed by atoms with E-state index in [9.17, 15) is 14.3 Å². The molecule has 0 fully saturated rings. The minimum absolute atomic E-state index is 0.424. The maximum absolute atomic E-state index is 13.3. The Kier molecular flexibility index (Phi) is 4.29. The zero-order chi connectivity index (χ0) is 13.9. The number of rotatable bonds is 5. The number of aliphatic carboxylic acids is 1. The van der Waals surface area contributed by atoms with Crippen LogP contribution in [0.3, 0.4) is 0 Å². The van der Waals surface area contributed by atoms with Gasteiger partial charge in [0, 0.05) is 5.56 Å². The standard InChI is InChI=1S/C13H18FNO3/c1-13(2,12(16)17)11(15-3)9-7-8(14)5-6-10(9)18-4/h5-7,11,15H,1-4H3,(H,16,17). The molecule has 0 bridgehead atoms. The Bertz CT molecular complexity index is 446. The summed E-state index contributed by atoms with van der Waals surface area (Å²) in [5, 5.41) is 12.2. The first kappa shape index (κ1) is 14.4. The van der Waals surface area contributed by atoms with E-state index in [2.05, 4.69) is 5.32 Å². The molecule has 1 atom stereocenters. The minimum Gasteiger partial charge on any atom is -0.496 e. The van der Waals surface area contributed by atoms with E-state index in [0.29, 0.717) is 11.3 Å². The molecular weight excluding hydrogens is 237 g/mol. The number of ether oxygens (including phenoxy) is 1. The van der Waals surface area contributed by atoms with Crippen LogP contribution in [0.4, 0.5) is 4.39 Å². The van der Waals surface area contributed by atoms with Gasteiger partial charge < -0.3 is 15.2 Å². The lowest BCUT2D eigenvalue weighted by Gasteiger charge is -2.31. The van der Waals surface area contributed by atoms with Crippen molar-refractivity contribution in [3.63, 3.8) is 0 Å². The summed E-state index contributed by atoms with van der Waals surface area (Å²) in [7, 11) is 3.11. The molecule has 0 saturated heterocycles. The van der Waals surface area contributed by atoms with E-state index in [1.165, 1.54) is 25.3 Å². The SMILES string of the molecule is CNC(c1cc(F)ccc1OC)C(C)(C)C(=O)O. The maximum Gasteiger partial charge on any atom is 0.311 e. The first-order chi connectivity index (χ1) is 8.34. The summed E-state index contributed by atoms with van der Waals surface area (Å²) in [5.74, 6) is -0.925. The Hall–Kier alpha value is -1.62. The van der Waals surface area contributed by atoms with Crippen molar-refractivity contribution < 1.29 is 19.0 Å². The van der Waals surface area contributed by atoms with E-state index in [-0.39, 0.29) is 0 Å². The molecule has 0 amide bonds. The molecule has 2 N–H and O–H groups in total. The Morgan fingerprint density at radius 2 is 2.11 bits per heavy atom. The minimum atomic E-state index is -1.09. The Morgan fingerprint density at radius 1 is 1.50 bits per heavy atom. The molecule has 0 radical (unpaired) electrons. The summed E-state index contributed by atoms with van der Waals surface area (Å²) in [4.78, 5) is 11.3. The van der Waals surface area contributed by atoms with Crippen molar-refractivity contribution in [3.05, 3.63) is 29.6 Å². The normalized spacial score (nSPS) is 13.2. The summed E-state index contributed by atoms with van der Waals surface area (Å²) in [6, 6.07) is 3.51. The molecule has 0 saturated carbocycles. The van der Waals surface area contributed by atoms with Gasteiger partial charge in [-0.05, 0) is 39.1 Å². The molecule has 0 aliphatic heterocycles. The number of halogens is 1. The molecule has 1 rings (SSSR count). The first-order valence-corrected chi connectivity index (χ1v) is 5.58. The smallest absolute Gasteiger partial charge is 0.311 e. The molecule has 0 aromatic heterocycles. The number of benzene rings is 1. The second-order valence-corrected chi connectivity index (χ2v) is 4.63. The Balaban J connectivity index is 3.32. The number of hydrogen-bond donors (Lipinski definition) is 2. The molecule has 5 heteroatoms. The second-order valence-electron chi connectivity index (χ2n) is 4.63. The molecule has 1 aromatic carbocycles. The average Bonchev–Trinajstić information content (AvgIpc) is 2.29. The quantitative estimate of drug-likeness (QED) is 0.847. The van der Waals surface area contributed by atoms with Crippen LogP contribution >= 0.6 is 0 Å². The lowest BCUT2D eigenvalue weighted by molar-refractivity contribution is -0.148. The largest absolute Gasteiger partial charge is 0.496 e. The number of carbonyl (C=O) groups is 1. The lowest BCUT2D eigenvalue weighted by Crippen LogP contribution is -2.38. The predicted octanol–water partition coefficient (Wildman–Crippen LogP) is 2.21. The predicted molar refractivity (Wildman–Crippen MR) is 66.2 cm³/mol. The fourth-order valence-corrected chi connectivity index (χ4v) is 1.96. The van der Waals surface area contributed by atoms with Gasteiger partial charge in [-0.1, -0.05) is 0 Å². The van der Waals surface area contributed by atoms with Crippen molar-refractivity contribution in [1.82, 2.24) is 5.32 Å². The number of hydrogen-bond acceptors (Lipinski definition) is 3. The summed E-state index contributed by atoms with van der Waals surface area (Å²) in [6.45, 7) is 3.17. The van der Waals surface area contributed by atoms with E-state index in [1.807, 2.05) is 0 Å². The van der Waals surface area contributed by atoms with Crippen LogP contribution in [0.2, 0.25) is 0 Å². The van der Waals surface area contributed by atoms with Crippen molar-refractivity contribution in [3.8, 4) is 5.75 Å². The monoisotopic (exact) mass is 255 g/mol. The van der Waals surface area contributed by atoms with Gasteiger partial charge in [-0.3, -0.25) is 4.79 Å². The molecule has 0 aliphatic rings. The molecular formula is C13H18FNO3. The summed E-state index contributed by atoms with van der Waals surface area (Å²) in [6.07, 6.45) is 0. The van der Waals surface area contributed by atoms with Crippen molar-refractivity contribution in [2.75, 3.05) is 14.2 Å². The highest BCUT2D eigenvalue weighted by molar-refractivity contribution is 5.75. The third-order valence-electron chi connectivity index (χ3n) is 3.06. The van der Waals surface area contributed by atoms with Crippen LogP contribution in [0.5, 0.6) is 5.75 Å². The summed E-state index contributed by atoms with van der Waals surface area (Å²) in [5.41, 5.74) is -0.595. The Morgan fingerprint density at radius 3 is 2.56 bits per heavy atom. The van der Waals surface area contributed by atoms with Crippen molar-refractivity contribution in [2.45, 2.75) is 19.9 Å². The van der Waals surface area contributed by atoms with E-state index in [0.717, 1.165) is 0 Å². The number of carboxylic acid groups (broad SMARTS) is 1. The van der Waals surface area contributed by atoms with Gasteiger partial charge in [-0.15, -0.1) is 0 Å². The second kappa shape index (κ2) is 5.35. The molecule has 0 aliphatic carbocycles. The fraction of sp³-hybridized carbons (Fsp3) is 0.462. The van der Waals surface area contributed by atoms with E-state index < -0.39 is 23.2 Å². The van der Waals surface area contributed by atoms with Crippen LogP contribution in [0.15, 0.2) is 18.2 Å². The van der Waals surface area contributed by atoms with E-state index in [1.54, 1.807) is 20.9 Å². The van der Waals surface area contributed by atoms with Crippen LogP contribution in [0, 0.1) is 11.2 Å². The van der Waals surface area contributed by atoms with Crippen LogP contribution in [-0.2, 0) is 4.79 Å². The fourth-order valence-electron chi connectivity index (χ4n) is 1.96. The van der Waals surface area contributed by atoms with Gasteiger partial charge >= 0.3 is 5.97 Å². The number of methoxy groups -OCH3 is 1. The highest BCUT2D eigenvalue weighted by Crippen LogP contribution is 2.38. The van der Waals surface area contributed by atoms with Gasteiger partial charge in [0.15, 0.2) is 0 Å². The van der Waals surface area contributed by atoms with E-state index in [4.69, 9.17) is 4.74 Å². The van der Waals surface area contributed by atoms with Crippen molar-refractivity contribution in [1.29, 1.82) is 0 Å². The van der Waals surface area contributed by atoms with Gasteiger partial charge in [0.25, 0.3) is 0 Å². The highest BCUT2D eigenvalue weighted by Gasteiger charge is 2.38. The third kappa shape index (κ3) is 2.61. The summed E-state index contributed by atoms with van der Waals surface area (Å²) >= 11 is 0. The van der Waals surface area contributed by atoms with Gasteiger partial charge in [0.05, 0.1) is 18.6 Å². The van der Waals surface area contributed by atoms with Crippen LogP contribution in [-0.4, -0.2) is 25.2 Å².